The maximum absolute atomic E-state index is 9.73. The van der Waals surface area contributed by atoms with Crippen molar-refractivity contribution in [1.29, 1.82) is 0 Å². The molecule has 0 atom stereocenters. The van der Waals surface area contributed by atoms with Gasteiger partial charge in [0.15, 0.2) is 0 Å². The first-order valence-electron chi connectivity index (χ1n) is 4.44. The Hall–Kier alpha value is -1.96. The maximum Gasteiger partial charge on any atom is 0.145 e. The minimum Gasteiger partial charge on any atom is -0.507 e. The predicted octanol–water partition coefficient (Wildman–Crippen LogP) is 3.29. The quantitative estimate of drug-likeness (QED) is 0.581. The fourth-order valence-corrected chi connectivity index (χ4v) is 1.78. The summed E-state index contributed by atoms with van der Waals surface area (Å²) in [6.07, 6.45) is 1.64. The molecule has 0 aliphatic heterocycles. The molecule has 0 bridgehead atoms. The molecule has 14 heavy (non-hydrogen) atoms. The number of fused-ring (bicyclic) bond motifs is 3. The van der Waals surface area contributed by atoms with Crippen molar-refractivity contribution >= 4 is 21.7 Å². The number of furan rings is 1. The van der Waals surface area contributed by atoms with Crippen LogP contribution in [0.5, 0.6) is 5.75 Å². The van der Waals surface area contributed by atoms with Crippen molar-refractivity contribution in [2.45, 2.75) is 0 Å². The van der Waals surface area contributed by atoms with Crippen LogP contribution < -0.4 is 0 Å². The number of phenols is 1. The molecule has 0 unspecified atom stereocenters. The maximum atomic E-state index is 9.73. The van der Waals surface area contributed by atoms with Gasteiger partial charge in [0.2, 0.25) is 0 Å². The summed E-state index contributed by atoms with van der Waals surface area (Å²) in [6.45, 7) is 0. The van der Waals surface area contributed by atoms with Gasteiger partial charge in [-0.1, -0.05) is 24.3 Å². The van der Waals surface area contributed by atoms with Crippen molar-refractivity contribution in [3.63, 3.8) is 0 Å². The van der Waals surface area contributed by atoms with Crippen molar-refractivity contribution < 1.29 is 9.52 Å². The van der Waals surface area contributed by atoms with Crippen LogP contribution in [0.4, 0.5) is 0 Å². The third kappa shape index (κ3) is 0.852. The number of benzene rings is 2. The Morgan fingerprint density at radius 2 is 1.79 bits per heavy atom. The molecule has 0 aliphatic carbocycles. The molecule has 1 heterocycles. The highest BCUT2D eigenvalue weighted by molar-refractivity contribution is 6.07. The molecule has 0 amide bonds. The van der Waals surface area contributed by atoms with Gasteiger partial charge < -0.3 is 9.52 Å². The summed E-state index contributed by atoms with van der Waals surface area (Å²) in [6, 6.07) is 11.3. The standard InChI is InChI=1S/C12H8O2/c13-10-3-1-2-8-4-5-9-6-7-14-12(9)11(8)10/h1-7,13H. The summed E-state index contributed by atoms with van der Waals surface area (Å²) in [4.78, 5) is 0. The van der Waals surface area contributed by atoms with Crippen molar-refractivity contribution in [3.8, 4) is 5.75 Å². The largest absolute Gasteiger partial charge is 0.507 e. The zero-order chi connectivity index (χ0) is 9.54. The average Bonchev–Trinajstić information content (AvgIpc) is 2.65. The summed E-state index contributed by atoms with van der Waals surface area (Å²) in [5, 5.41) is 12.5. The molecule has 1 N–H and O–H groups in total. The van der Waals surface area contributed by atoms with E-state index in [1.54, 1.807) is 12.3 Å². The zero-order valence-corrected chi connectivity index (χ0v) is 7.40. The molecule has 2 aromatic carbocycles. The van der Waals surface area contributed by atoms with E-state index < -0.39 is 0 Å². The highest BCUT2D eigenvalue weighted by atomic mass is 16.3. The smallest absolute Gasteiger partial charge is 0.145 e. The molecule has 0 fully saturated rings. The van der Waals surface area contributed by atoms with Gasteiger partial charge in [-0.2, -0.15) is 0 Å². The number of hydrogen-bond donors (Lipinski definition) is 1. The Kier molecular flexibility index (Phi) is 1.34. The first-order valence-corrected chi connectivity index (χ1v) is 4.44. The second-order valence-electron chi connectivity index (χ2n) is 3.28. The molecule has 3 rings (SSSR count). The van der Waals surface area contributed by atoms with Gasteiger partial charge >= 0.3 is 0 Å². The third-order valence-corrected chi connectivity index (χ3v) is 2.44. The molecule has 3 aromatic rings. The molecule has 2 nitrogen and oxygen atoms in total. The van der Waals surface area contributed by atoms with Gasteiger partial charge in [0.25, 0.3) is 0 Å². The predicted molar refractivity (Wildman–Crippen MR) is 55.4 cm³/mol. The van der Waals surface area contributed by atoms with E-state index in [9.17, 15) is 5.11 Å². The summed E-state index contributed by atoms with van der Waals surface area (Å²) >= 11 is 0. The van der Waals surface area contributed by atoms with Gasteiger partial charge in [0, 0.05) is 5.39 Å². The topological polar surface area (TPSA) is 33.4 Å². The van der Waals surface area contributed by atoms with Crippen LogP contribution in [0.3, 0.4) is 0 Å². The fourth-order valence-electron chi connectivity index (χ4n) is 1.78. The zero-order valence-electron chi connectivity index (χ0n) is 7.40. The summed E-state index contributed by atoms with van der Waals surface area (Å²) in [5.74, 6) is 0.267. The van der Waals surface area contributed by atoms with Gasteiger partial charge in [-0.3, -0.25) is 0 Å². The lowest BCUT2D eigenvalue weighted by Crippen LogP contribution is -1.74. The Balaban J connectivity index is 2.67. The number of rotatable bonds is 0. The van der Waals surface area contributed by atoms with Crippen LogP contribution in [-0.4, -0.2) is 5.11 Å². The van der Waals surface area contributed by atoms with Crippen LogP contribution in [0, 0.1) is 0 Å². The lowest BCUT2D eigenvalue weighted by Gasteiger charge is -2.00. The normalized spacial score (nSPS) is 11.1. The molecule has 2 heteroatoms. The lowest BCUT2D eigenvalue weighted by molar-refractivity contribution is 0.481. The van der Waals surface area contributed by atoms with Crippen molar-refractivity contribution in [2.24, 2.45) is 0 Å². The van der Waals surface area contributed by atoms with Gasteiger partial charge in [0.1, 0.15) is 11.3 Å². The molecule has 0 aliphatic rings. The number of phenolic OH excluding ortho intramolecular Hbond substituents is 1. The highest BCUT2D eigenvalue weighted by Gasteiger charge is 2.06. The number of aromatic hydroxyl groups is 1. The number of hydrogen-bond acceptors (Lipinski definition) is 2. The molecular formula is C12H8O2. The Morgan fingerprint density at radius 3 is 2.71 bits per heavy atom. The summed E-state index contributed by atoms with van der Waals surface area (Å²) < 4.78 is 5.35. The molecule has 0 saturated carbocycles. The summed E-state index contributed by atoms with van der Waals surface area (Å²) in [7, 11) is 0. The van der Waals surface area contributed by atoms with Crippen molar-refractivity contribution in [3.05, 3.63) is 42.7 Å². The van der Waals surface area contributed by atoms with Crippen LogP contribution in [0.15, 0.2) is 47.1 Å². The van der Waals surface area contributed by atoms with Crippen LogP contribution in [-0.2, 0) is 0 Å². The van der Waals surface area contributed by atoms with Gasteiger partial charge in [-0.15, -0.1) is 0 Å². The van der Waals surface area contributed by atoms with E-state index in [-0.39, 0.29) is 5.75 Å². The Morgan fingerprint density at radius 1 is 0.929 bits per heavy atom. The van der Waals surface area contributed by atoms with Gasteiger partial charge in [-0.25, -0.2) is 0 Å². The van der Waals surface area contributed by atoms with Crippen LogP contribution in [0.1, 0.15) is 0 Å². The second-order valence-corrected chi connectivity index (χ2v) is 3.28. The van der Waals surface area contributed by atoms with Crippen LogP contribution in [0.2, 0.25) is 0 Å². The van der Waals surface area contributed by atoms with E-state index in [1.807, 2.05) is 30.3 Å². The fraction of sp³-hybridized carbons (Fsp3) is 0. The van der Waals surface area contributed by atoms with E-state index in [0.717, 1.165) is 21.7 Å². The molecular weight excluding hydrogens is 176 g/mol. The lowest BCUT2D eigenvalue weighted by atomic mass is 10.1. The van der Waals surface area contributed by atoms with Crippen molar-refractivity contribution in [1.82, 2.24) is 0 Å². The minimum atomic E-state index is 0.267. The third-order valence-electron chi connectivity index (χ3n) is 2.44. The molecule has 1 aromatic heterocycles. The van der Waals surface area contributed by atoms with Crippen molar-refractivity contribution in [2.75, 3.05) is 0 Å². The molecule has 0 spiro atoms. The monoisotopic (exact) mass is 184 g/mol. The second kappa shape index (κ2) is 2.51. The van der Waals surface area contributed by atoms with E-state index in [0.29, 0.717) is 0 Å². The van der Waals surface area contributed by atoms with Gasteiger partial charge in [-0.05, 0) is 17.5 Å². The summed E-state index contributed by atoms with van der Waals surface area (Å²) in [5.41, 5.74) is 0.751. The molecule has 0 saturated heterocycles. The first kappa shape index (κ1) is 7.44. The molecule has 0 radical (unpaired) electrons. The van der Waals surface area contributed by atoms with E-state index >= 15 is 0 Å². The SMILES string of the molecule is Oc1cccc2ccc3ccoc3c12. The van der Waals surface area contributed by atoms with E-state index in [2.05, 4.69) is 0 Å². The molecule has 68 valence electrons. The Labute approximate surface area is 80.4 Å². The van der Waals surface area contributed by atoms with Gasteiger partial charge in [0.05, 0.1) is 11.6 Å². The highest BCUT2D eigenvalue weighted by Crippen LogP contribution is 2.32. The first-order chi connectivity index (χ1) is 6.86. The van der Waals surface area contributed by atoms with E-state index in [1.165, 1.54) is 0 Å². The Bertz CT molecular complexity index is 608. The average molecular weight is 184 g/mol. The van der Waals surface area contributed by atoms with E-state index in [4.69, 9.17) is 4.42 Å². The minimum absolute atomic E-state index is 0.267. The van der Waals surface area contributed by atoms with Crippen LogP contribution >= 0.6 is 0 Å². The van der Waals surface area contributed by atoms with Crippen LogP contribution in [0.25, 0.3) is 21.7 Å².